The summed E-state index contributed by atoms with van der Waals surface area (Å²) in [6.07, 6.45) is 2.37. The zero-order chi connectivity index (χ0) is 13.0. The first-order chi connectivity index (χ1) is 8.68. The smallest absolute Gasteiger partial charge is 0.318 e. The van der Waals surface area contributed by atoms with Crippen LogP contribution in [0.3, 0.4) is 0 Å². The van der Waals surface area contributed by atoms with Crippen LogP contribution in [0.25, 0.3) is 0 Å². The molecule has 1 aromatic rings. The molecule has 0 aliphatic carbocycles. The molecule has 1 N–H and O–H groups in total. The van der Waals surface area contributed by atoms with Gasteiger partial charge in [0.2, 0.25) is 0 Å². The molecule has 0 bridgehead atoms. The second-order valence-electron chi connectivity index (χ2n) is 4.30. The first-order valence-electron chi connectivity index (χ1n) is 6.00. The third kappa shape index (κ3) is 3.01. The van der Waals surface area contributed by atoms with Gasteiger partial charge in [-0.15, -0.1) is 0 Å². The maximum Gasteiger partial charge on any atom is 0.318 e. The van der Waals surface area contributed by atoms with Crippen molar-refractivity contribution < 1.29 is 9.59 Å². The summed E-state index contributed by atoms with van der Waals surface area (Å²) in [6, 6.07) is 8.95. The van der Waals surface area contributed by atoms with E-state index < -0.39 is 5.37 Å². The van der Waals surface area contributed by atoms with E-state index in [0.29, 0.717) is 12.1 Å². The SMILES string of the molecule is O=C(NC1CCCCN1C(=O)Cl)c1ccccc1. The van der Waals surface area contributed by atoms with Crippen molar-refractivity contribution in [2.75, 3.05) is 6.54 Å². The fourth-order valence-electron chi connectivity index (χ4n) is 2.12. The van der Waals surface area contributed by atoms with Gasteiger partial charge >= 0.3 is 5.37 Å². The Labute approximate surface area is 111 Å². The number of carbonyl (C=O) groups is 2. The number of nitrogens with one attached hydrogen (secondary N) is 1. The van der Waals surface area contributed by atoms with Crippen molar-refractivity contribution in [2.24, 2.45) is 0 Å². The van der Waals surface area contributed by atoms with Gasteiger partial charge in [0.25, 0.3) is 5.91 Å². The molecule has 1 aliphatic heterocycles. The average molecular weight is 267 g/mol. The minimum absolute atomic E-state index is 0.176. The summed E-state index contributed by atoms with van der Waals surface area (Å²) in [5.74, 6) is -0.176. The number of amides is 2. The summed E-state index contributed by atoms with van der Waals surface area (Å²) in [7, 11) is 0. The number of carbonyl (C=O) groups excluding carboxylic acids is 2. The summed E-state index contributed by atoms with van der Waals surface area (Å²) in [5, 5.41) is 2.34. The molecule has 1 heterocycles. The van der Waals surface area contributed by atoms with E-state index in [2.05, 4.69) is 5.32 Å². The van der Waals surface area contributed by atoms with Crippen LogP contribution in [0.15, 0.2) is 30.3 Å². The number of hydrogen-bond donors (Lipinski definition) is 1. The van der Waals surface area contributed by atoms with Crippen LogP contribution >= 0.6 is 11.6 Å². The normalized spacial score (nSPS) is 19.4. The minimum Gasteiger partial charge on any atom is -0.332 e. The monoisotopic (exact) mass is 266 g/mol. The van der Waals surface area contributed by atoms with Crippen molar-refractivity contribution in [3.8, 4) is 0 Å². The molecule has 1 aromatic carbocycles. The Morgan fingerprint density at radius 1 is 1.22 bits per heavy atom. The third-order valence-corrected chi connectivity index (χ3v) is 3.28. The third-order valence-electron chi connectivity index (χ3n) is 3.06. The summed E-state index contributed by atoms with van der Waals surface area (Å²) >= 11 is 5.52. The number of piperidine rings is 1. The number of hydrogen-bond acceptors (Lipinski definition) is 2. The van der Waals surface area contributed by atoms with E-state index in [9.17, 15) is 9.59 Å². The molecule has 0 radical (unpaired) electrons. The highest BCUT2D eigenvalue weighted by Gasteiger charge is 2.26. The molecule has 0 spiro atoms. The largest absolute Gasteiger partial charge is 0.332 e. The van der Waals surface area contributed by atoms with Gasteiger partial charge in [-0.3, -0.25) is 9.59 Å². The summed E-state index contributed by atoms with van der Waals surface area (Å²) < 4.78 is 0. The summed E-state index contributed by atoms with van der Waals surface area (Å²) in [5.41, 5.74) is 0.588. The first kappa shape index (κ1) is 12.9. The van der Waals surface area contributed by atoms with Crippen LogP contribution in [-0.2, 0) is 0 Å². The van der Waals surface area contributed by atoms with E-state index >= 15 is 0 Å². The Bertz CT molecular complexity index is 436. The molecule has 1 aliphatic rings. The lowest BCUT2D eigenvalue weighted by molar-refractivity contribution is 0.0853. The number of benzene rings is 1. The Kier molecular flexibility index (Phi) is 4.20. The topological polar surface area (TPSA) is 49.4 Å². The van der Waals surface area contributed by atoms with Crippen LogP contribution in [-0.4, -0.2) is 28.9 Å². The average Bonchev–Trinajstić information content (AvgIpc) is 2.40. The van der Waals surface area contributed by atoms with E-state index in [1.54, 1.807) is 24.3 Å². The van der Waals surface area contributed by atoms with Gasteiger partial charge in [0, 0.05) is 12.1 Å². The molecular weight excluding hydrogens is 252 g/mol. The van der Waals surface area contributed by atoms with Gasteiger partial charge < -0.3 is 10.2 Å². The van der Waals surface area contributed by atoms with Gasteiger partial charge in [-0.25, -0.2) is 0 Å². The van der Waals surface area contributed by atoms with Crippen LogP contribution in [0.2, 0.25) is 0 Å². The lowest BCUT2D eigenvalue weighted by atomic mass is 10.1. The van der Waals surface area contributed by atoms with Crippen molar-refractivity contribution in [1.29, 1.82) is 0 Å². The second kappa shape index (κ2) is 5.87. The molecule has 2 rings (SSSR count). The number of likely N-dealkylation sites (tertiary alicyclic amines) is 1. The molecule has 18 heavy (non-hydrogen) atoms. The zero-order valence-corrected chi connectivity index (χ0v) is 10.7. The summed E-state index contributed by atoms with van der Waals surface area (Å²) in [6.45, 7) is 0.599. The van der Waals surface area contributed by atoms with Crippen LogP contribution < -0.4 is 5.32 Å². The van der Waals surface area contributed by atoms with Crippen molar-refractivity contribution >= 4 is 22.9 Å². The van der Waals surface area contributed by atoms with E-state index in [1.165, 1.54) is 4.90 Å². The van der Waals surface area contributed by atoms with Gasteiger partial charge in [-0.05, 0) is 43.0 Å². The molecule has 1 fully saturated rings. The van der Waals surface area contributed by atoms with Crippen molar-refractivity contribution in [3.63, 3.8) is 0 Å². The Morgan fingerprint density at radius 2 is 1.94 bits per heavy atom. The van der Waals surface area contributed by atoms with Crippen molar-refractivity contribution in [1.82, 2.24) is 10.2 Å². The number of nitrogens with zero attached hydrogens (tertiary/aromatic N) is 1. The zero-order valence-electron chi connectivity index (χ0n) is 9.93. The predicted molar refractivity (Wildman–Crippen MR) is 69.5 cm³/mol. The molecule has 4 nitrogen and oxygen atoms in total. The highest BCUT2D eigenvalue weighted by atomic mass is 35.5. The van der Waals surface area contributed by atoms with Gasteiger partial charge in [-0.2, -0.15) is 0 Å². The highest BCUT2D eigenvalue weighted by molar-refractivity contribution is 6.62. The number of halogens is 1. The number of rotatable bonds is 2. The van der Waals surface area contributed by atoms with E-state index in [1.807, 2.05) is 6.07 Å². The minimum atomic E-state index is -0.506. The van der Waals surface area contributed by atoms with Gasteiger partial charge in [0.05, 0.1) is 0 Å². The lowest BCUT2D eigenvalue weighted by Gasteiger charge is -2.34. The lowest BCUT2D eigenvalue weighted by Crippen LogP contribution is -2.51. The molecule has 5 heteroatoms. The highest BCUT2D eigenvalue weighted by Crippen LogP contribution is 2.17. The second-order valence-corrected chi connectivity index (χ2v) is 4.62. The van der Waals surface area contributed by atoms with Crippen molar-refractivity contribution in [3.05, 3.63) is 35.9 Å². The standard InChI is InChI=1S/C13H15ClN2O2/c14-13(18)16-9-5-4-8-11(16)15-12(17)10-6-2-1-3-7-10/h1-3,6-7,11H,4-5,8-9H2,(H,15,17). The maximum absolute atomic E-state index is 12.0. The molecule has 1 saturated heterocycles. The molecule has 1 atom stereocenters. The Morgan fingerprint density at radius 3 is 2.61 bits per heavy atom. The van der Waals surface area contributed by atoms with E-state index in [0.717, 1.165) is 19.3 Å². The molecule has 0 aromatic heterocycles. The quantitative estimate of drug-likeness (QED) is 0.661. The predicted octanol–water partition coefficient (Wildman–Crippen LogP) is 2.59. The fourth-order valence-corrected chi connectivity index (χ4v) is 2.32. The molecule has 96 valence electrons. The van der Waals surface area contributed by atoms with Crippen LogP contribution in [0.1, 0.15) is 29.6 Å². The first-order valence-corrected chi connectivity index (χ1v) is 6.38. The van der Waals surface area contributed by atoms with Crippen molar-refractivity contribution in [2.45, 2.75) is 25.4 Å². The molecule has 0 saturated carbocycles. The van der Waals surface area contributed by atoms with Gasteiger partial charge in [0.15, 0.2) is 0 Å². The Hall–Kier alpha value is -1.55. The van der Waals surface area contributed by atoms with Crippen LogP contribution in [0.4, 0.5) is 4.79 Å². The fraction of sp³-hybridized carbons (Fsp3) is 0.385. The molecular formula is C13H15ClN2O2. The summed E-state index contributed by atoms with van der Waals surface area (Å²) in [4.78, 5) is 24.8. The van der Waals surface area contributed by atoms with Crippen LogP contribution in [0.5, 0.6) is 0 Å². The van der Waals surface area contributed by atoms with Crippen LogP contribution in [0, 0.1) is 0 Å². The maximum atomic E-state index is 12.0. The van der Waals surface area contributed by atoms with E-state index in [4.69, 9.17) is 11.6 Å². The molecule has 2 amide bonds. The molecule has 1 unspecified atom stereocenters. The van der Waals surface area contributed by atoms with E-state index in [-0.39, 0.29) is 12.1 Å². The Balaban J connectivity index is 2.03. The van der Waals surface area contributed by atoms with Gasteiger partial charge in [-0.1, -0.05) is 18.2 Å². The van der Waals surface area contributed by atoms with Gasteiger partial charge in [0.1, 0.15) is 6.17 Å².